The highest BCUT2D eigenvalue weighted by atomic mass is 35.5. The lowest BCUT2D eigenvalue weighted by molar-refractivity contribution is -0.142. The number of H-pyrrole nitrogens is 1. The molecule has 8 N–H and O–H groups in total. The van der Waals surface area contributed by atoms with Crippen LogP contribution in [0.5, 0.6) is 0 Å². The molecule has 5 aromatic rings. The van der Waals surface area contributed by atoms with Crippen molar-refractivity contribution in [1.82, 2.24) is 26.3 Å². The third-order valence-electron chi connectivity index (χ3n) is 9.39. The van der Waals surface area contributed by atoms with E-state index in [0.717, 1.165) is 21.7 Å². The zero-order valence-electron chi connectivity index (χ0n) is 32.6. The molecule has 0 bridgehead atoms. The van der Waals surface area contributed by atoms with Crippen molar-refractivity contribution in [2.75, 3.05) is 0 Å². The summed E-state index contributed by atoms with van der Waals surface area (Å²) in [6.45, 7) is 6.48. The highest BCUT2D eigenvalue weighted by Gasteiger charge is 2.40. The van der Waals surface area contributed by atoms with Gasteiger partial charge in [0.15, 0.2) is 0 Å². The van der Waals surface area contributed by atoms with Crippen LogP contribution in [0, 0.1) is 0 Å². The number of carbonyl (C=O) groups is 6. The molecule has 0 saturated carbocycles. The van der Waals surface area contributed by atoms with E-state index in [1.165, 1.54) is 6.92 Å². The van der Waals surface area contributed by atoms with Gasteiger partial charge >= 0.3 is 12.1 Å². The number of hydrogen-bond donors (Lipinski definition) is 7. The van der Waals surface area contributed by atoms with E-state index in [1.807, 2.05) is 60.7 Å². The molecule has 58 heavy (non-hydrogen) atoms. The fraction of sp³-hybridized carbons (Fsp3) is 0.302. The van der Waals surface area contributed by atoms with Crippen molar-refractivity contribution in [3.63, 3.8) is 0 Å². The molecule has 0 aliphatic rings. The van der Waals surface area contributed by atoms with E-state index >= 15 is 0 Å². The van der Waals surface area contributed by atoms with E-state index in [0.29, 0.717) is 21.7 Å². The van der Waals surface area contributed by atoms with Gasteiger partial charge in [0.2, 0.25) is 23.6 Å². The minimum Gasteiger partial charge on any atom is -0.481 e. The number of carbonyl (C=O) groups excluding carboxylic acids is 5. The second kappa shape index (κ2) is 18.2. The summed E-state index contributed by atoms with van der Waals surface area (Å²) >= 11 is 5.98. The van der Waals surface area contributed by atoms with Crippen LogP contribution in [-0.2, 0) is 48.0 Å². The smallest absolute Gasteiger partial charge is 0.408 e. The Morgan fingerprint density at radius 3 is 2.09 bits per heavy atom. The highest BCUT2D eigenvalue weighted by Crippen LogP contribution is 2.23. The SMILES string of the molecule is CC(C)(C)OC(=O)N[C@@H](Cc1c[nH]c2ccccc12)C(=O)N[C@@](C)(Cc1ccc2ccccc2c1)C(=O)N[C@@H](CC(=O)O)C(=O)N[C@@H](Cc1ccc(Cl)cc1)C(N)=O. The largest absolute Gasteiger partial charge is 0.481 e. The Bertz CT molecular complexity index is 2320. The van der Waals surface area contributed by atoms with E-state index in [4.69, 9.17) is 22.1 Å². The number of alkyl carbamates (subject to hydrolysis) is 1. The van der Waals surface area contributed by atoms with Crippen molar-refractivity contribution in [3.05, 3.63) is 119 Å². The summed E-state index contributed by atoms with van der Waals surface area (Å²) in [6, 6.07) is 22.8. The maximum absolute atomic E-state index is 14.5. The first kappa shape index (κ1) is 42.7. The van der Waals surface area contributed by atoms with E-state index < -0.39 is 71.4 Å². The van der Waals surface area contributed by atoms with Gasteiger partial charge < -0.3 is 41.8 Å². The minimum absolute atomic E-state index is 0.00503. The van der Waals surface area contributed by atoms with Gasteiger partial charge in [-0.05, 0) is 73.4 Å². The Balaban J connectivity index is 1.47. The first-order chi connectivity index (χ1) is 27.4. The predicted molar refractivity (Wildman–Crippen MR) is 220 cm³/mol. The summed E-state index contributed by atoms with van der Waals surface area (Å²) in [6.07, 6.45) is -0.172. The molecule has 5 amide bonds. The van der Waals surface area contributed by atoms with Gasteiger partial charge in [0.1, 0.15) is 29.3 Å². The molecule has 0 aliphatic carbocycles. The number of ether oxygens (including phenoxy) is 1. The van der Waals surface area contributed by atoms with Gasteiger partial charge in [-0.2, -0.15) is 0 Å². The van der Waals surface area contributed by atoms with Crippen molar-refractivity contribution >= 4 is 69.0 Å². The first-order valence-electron chi connectivity index (χ1n) is 18.6. The van der Waals surface area contributed by atoms with Crippen LogP contribution < -0.4 is 27.0 Å². The lowest BCUT2D eigenvalue weighted by Crippen LogP contribution is -2.64. The molecule has 5 rings (SSSR count). The number of benzene rings is 4. The number of halogens is 1. The number of fused-ring (bicyclic) bond motifs is 2. The molecule has 304 valence electrons. The van der Waals surface area contributed by atoms with Crippen LogP contribution in [0.4, 0.5) is 4.79 Å². The zero-order valence-corrected chi connectivity index (χ0v) is 33.3. The highest BCUT2D eigenvalue weighted by molar-refractivity contribution is 6.30. The Morgan fingerprint density at radius 1 is 0.759 bits per heavy atom. The number of aliphatic carboxylic acids is 1. The summed E-state index contributed by atoms with van der Waals surface area (Å²) in [7, 11) is 0. The van der Waals surface area contributed by atoms with Crippen LogP contribution in [0.3, 0.4) is 0 Å². The summed E-state index contributed by atoms with van der Waals surface area (Å²) in [5, 5.41) is 23.3. The standard InChI is InChI=1S/C43H47ClN6O8/c1-42(2,3)58-41(57)49-34(21-29-24-46-32-12-8-7-11-31(29)32)39(55)50-43(4,23-26-13-16-27-9-5-6-10-28(27)19-26)40(56)48-35(22-36(51)52)38(54)47-33(37(45)53)20-25-14-17-30(44)18-15-25/h5-19,24,33-35,46H,20-23H2,1-4H3,(H2,45,53)(H,47,54)(H,48,56)(H,49,57)(H,50,55)(H,51,52)/t33-,34-,35-,43-/m0/s1. The fourth-order valence-corrected chi connectivity index (χ4v) is 6.66. The summed E-state index contributed by atoms with van der Waals surface area (Å²) in [5.74, 6) is -4.97. The fourth-order valence-electron chi connectivity index (χ4n) is 6.53. The van der Waals surface area contributed by atoms with Crippen LogP contribution in [-0.4, -0.2) is 75.0 Å². The van der Waals surface area contributed by atoms with Gasteiger partial charge in [-0.3, -0.25) is 24.0 Å². The molecular formula is C43H47ClN6O8. The molecule has 4 atom stereocenters. The quantitative estimate of drug-likeness (QED) is 0.0739. The lowest BCUT2D eigenvalue weighted by Gasteiger charge is -2.33. The second-order valence-electron chi connectivity index (χ2n) is 15.4. The molecule has 0 unspecified atom stereocenters. The number of primary amides is 1. The van der Waals surface area contributed by atoms with Gasteiger partial charge in [-0.25, -0.2) is 4.79 Å². The summed E-state index contributed by atoms with van der Waals surface area (Å²) < 4.78 is 5.49. The third kappa shape index (κ3) is 11.6. The van der Waals surface area contributed by atoms with Gasteiger partial charge in [-0.15, -0.1) is 0 Å². The molecule has 0 fully saturated rings. The van der Waals surface area contributed by atoms with E-state index in [9.17, 15) is 33.9 Å². The van der Waals surface area contributed by atoms with Crippen molar-refractivity contribution in [3.8, 4) is 0 Å². The third-order valence-corrected chi connectivity index (χ3v) is 9.64. The van der Waals surface area contributed by atoms with Gasteiger partial charge in [0.25, 0.3) is 0 Å². The van der Waals surface area contributed by atoms with Crippen LogP contribution in [0.1, 0.15) is 50.8 Å². The molecule has 1 aromatic heterocycles. The first-order valence-corrected chi connectivity index (χ1v) is 19.0. The van der Waals surface area contributed by atoms with Crippen LogP contribution in [0.25, 0.3) is 21.7 Å². The lowest BCUT2D eigenvalue weighted by atomic mass is 9.89. The Morgan fingerprint density at radius 2 is 1.41 bits per heavy atom. The van der Waals surface area contributed by atoms with Crippen LogP contribution in [0.15, 0.2) is 97.2 Å². The zero-order chi connectivity index (χ0) is 42.2. The van der Waals surface area contributed by atoms with Crippen LogP contribution >= 0.6 is 11.6 Å². The van der Waals surface area contributed by atoms with E-state index in [1.54, 1.807) is 57.3 Å². The predicted octanol–water partition coefficient (Wildman–Crippen LogP) is 4.70. The molecule has 0 radical (unpaired) electrons. The van der Waals surface area contributed by atoms with Crippen LogP contribution in [0.2, 0.25) is 5.02 Å². The number of aromatic nitrogens is 1. The van der Waals surface area contributed by atoms with E-state index in [2.05, 4.69) is 26.3 Å². The summed E-state index contributed by atoms with van der Waals surface area (Å²) in [4.78, 5) is 83.4. The molecule has 0 saturated heterocycles. The molecule has 0 spiro atoms. The number of amides is 5. The molecule has 14 nitrogen and oxygen atoms in total. The van der Waals surface area contributed by atoms with Gasteiger partial charge in [0.05, 0.1) is 6.42 Å². The van der Waals surface area contributed by atoms with Crippen molar-refractivity contribution in [2.24, 2.45) is 5.73 Å². The Hall–Kier alpha value is -6.41. The normalized spacial score (nSPS) is 14.0. The van der Waals surface area contributed by atoms with Gasteiger partial charge in [0, 0.05) is 41.4 Å². The summed E-state index contributed by atoms with van der Waals surface area (Å²) in [5.41, 5.74) is 5.63. The van der Waals surface area contributed by atoms with Crippen molar-refractivity contribution < 1.29 is 38.6 Å². The Labute approximate surface area is 340 Å². The van der Waals surface area contributed by atoms with Crippen molar-refractivity contribution in [1.29, 1.82) is 0 Å². The number of aromatic amines is 1. The number of rotatable bonds is 16. The molecule has 15 heteroatoms. The molecule has 0 aliphatic heterocycles. The number of nitrogens with two attached hydrogens (primary N) is 1. The maximum Gasteiger partial charge on any atom is 0.408 e. The molecule has 1 heterocycles. The Kier molecular flexibility index (Phi) is 13.4. The molecule has 4 aromatic carbocycles. The molecular weight excluding hydrogens is 764 g/mol. The number of hydrogen-bond acceptors (Lipinski definition) is 7. The van der Waals surface area contributed by atoms with Crippen molar-refractivity contribution in [2.45, 2.75) is 82.6 Å². The topological polar surface area (TPSA) is 222 Å². The number of nitrogens with one attached hydrogen (secondary N) is 5. The van der Waals surface area contributed by atoms with Gasteiger partial charge in [-0.1, -0.05) is 84.4 Å². The second-order valence-corrected chi connectivity index (χ2v) is 15.8. The maximum atomic E-state index is 14.5. The number of para-hydroxylation sites is 1. The number of carboxylic acids is 1. The number of carboxylic acid groups (broad SMARTS) is 1. The minimum atomic E-state index is -1.85. The average Bonchev–Trinajstić information content (AvgIpc) is 3.56. The average molecular weight is 811 g/mol. The monoisotopic (exact) mass is 810 g/mol. The van der Waals surface area contributed by atoms with E-state index in [-0.39, 0.29) is 19.3 Å².